The number of nitrogens with zero attached hydrogens (tertiary/aromatic N) is 1. The third-order valence-electron chi connectivity index (χ3n) is 2.57. The van der Waals surface area contributed by atoms with Gasteiger partial charge in [0.25, 0.3) is 0 Å². The molecule has 16 heavy (non-hydrogen) atoms. The van der Waals surface area contributed by atoms with Crippen LogP contribution in [0.25, 0.3) is 11.1 Å². The van der Waals surface area contributed by atoms with Crippen LogP contribution >= 0.6 is 0 Å². The minimum Gasteiger partial charge on any atom is -0.439 e. The van der Waals surface area contributed by atoms with E-state index in [0.717, 1.165) is 23.4 Å². The first kappa shape index (κ1) is 11.1. The summed E-state index contributed by atoms with van der Waals surface area (Å²) in [7, 11) is 0. The molecule has 3 heteroatoms. The van der Waals surface area contributed by atoms with Crippen LogP contribution in [0.15, 0.2) is 22.6 Å². The van der Waals surface area contributed by atoms with Crippen LogP contribution < -0.4 is 5.32 Å². The number of aryl methyl sites for hydroxylation is 1. The largest absolute Gasteiger partial charge is 0.439 e. The summed E-state index contributed by atoms with van der Waals surface area (Å²) in [6.45, 7) is 7.05. The van der Waals surface area contributed by atoms with Gasteiger partial charge in [0, 0.05) is 6.04 Å². The Hall–Kier alpha value is -1.35. The first-order valence-electron chi connectivity index (χ1n) is 5.80. The van der Waals surface area contributed by atoms with Crippen LogP contribution in [0.3, 0.4) is 0 Å². The second kappa shape index (κ2) is 4.66. The Morgan fingerprint density at radius 1 is 1.38 bits per heavy atom. The van der Waals surface area contributed by atoms with Crippen molar-refractivity contribution in [2.45, 2.75) is 39.8 Å². The van der Waals surface area contributed by atoms with E-state index >= 15 is 0 Å². The van der Waals surface area contributed by atoms with Crippen LogP contribution in [-0.2, 0) is 13.0 Å². The van der Waals surface area contributed by atoms with Crippen molar-refractivity contribution in [3.05, 3.63) is 29.7 Å². The smallest absolute Gasteiger partial charge is 0.209 e. The molecule has 2 aromatic rings. The minimum atomic E-state index is 0.446. The van der Waals surface area contributed by atoms with E-state index < -0.39 is 0 Å². The van der Waals surface area contributed by atoms with Gasteiger partial charge >= 0.3 is 0 Å². The maximum atomic E-state index is 5.64. The van der Waals surface area contributed by atoms with Crippen molar-refractivity contribution in [3.8, 4) is 0 Å². The van der Waals surface area contributed by atoms with Crippen molar-refractivity contribution in [1.82, 2.24) is 10.3 Å². The summed E-state index contributed by atoms with van der Waals surface area (Å²) in [5.74, 6) is 0.761. The SMILES string of the molecule is CCc1ccc2oc(CNC(C)C)nc2c1. The van der Waals surface area contributed by atoms with Crippen LogP contribution in [0.4, 0.5) is 0 Å². The summed E-state index contributed by atoms with van der Waals surface area (Å²) in [5, 5.41) is 3.30. The normalized spacial score (nSPS) is 11.5. The lowest BCUT2D eigenvalue weighted by Crippen LogP contribution is -2.21. The van der Waals surface area contributed by atoms with Crippen molar-refractivity contribution in [2.75, 3.05) is 0 Å². The Labute approximate surface area is 95.9 Å². The summed E-state index contributed by atoms with van der Waals surface area (Å²) in [6.07, 6.45) is 1.03. The van der Waals surface area contributed by atoms with Gasteiger partial charge in [-0.1, -0.05) is 26.8 Å². The summed E-state index contributed by atoms with van der Waals surface area (Å²) in [4.78, 5) is 4.46. The van der Waals surface area contributed by atoms with Crippen molar-refractivity contribution in [2.24, 2.45) is 0 Å². The average molecular weight is 218 g/mol. The molecule has 0 saturated carbocycles. The second-order valence-electron chi connectivity index (χ2n) is 4.30. The number of oxazole rings is 1. The van der Waals surface area contributed by atoms with Gasteiger partial charge < -0.3 is 9.73 Å². The molecule has 0 fully saturated rings. The molecule has 2 rings (SSSR count). The molecule has 3 nitrogen and oxygen atoms in total. The lowest BCUT2D eigenvalue weighted by Gasteiger charge is -2.03. The number of fused-ring (bicyclic) bond motifs is 1. The molecule has 0 spiro atoms. The molecule has 0 unspecified atom stereocenters. The zero-order valence-electron chi connectivity index (χ0n) is 10.1. The highest BCUT2D eigenvalue weighted by atomic mass is 16.3. The number of benzene rings is 1. The van der Waals surface area contributed by atoms with E-state index in [1.165, 1.54) is 5.56 Å². The number of nitrogens with one attached hydrogen (secondary N) is 1. The van der Waals surface area contributed by atoms with Gasteiger partial charge in [-0.15, -0.1) is 0 Å². The van der Waals surface area contributed by atoms with Crippen molar-refractivity contribution in [1.29, 1.82) is 0 Å². The van der Waals surface area contributed by atoms with Crippen LogP contribution in [-0.4, -0.2) is 11.0 Å². The Morgan fingerprint density at radius 3 is 2.88 bits per heavy atom. The maximum Gasteiger partial charge on any atom is 0.209 e. The molecular weight excluding hydrogens is 200 g/mol. The molecule has 0 aliphatic rings. The molecule has 0 atom stereocenters. The van der Waals surface area contributed by atoms with E-state index in [0.29, 0.717) is 12.6 Å². The molecule has 0 bridgehead atoms. The molecule has 0 aliphatic carbocycles. The highest BCUT2D eigenvalue weighted by Crippen LogP contribution is 2.17. The van der Waals surface area contributed by atoms with E-state index in [4.69, 9.17) is 4.42 Å². The summed E-state index contributed by atoms with van der Waals surface area (Å²) in [6, 6.07) is 6.63. The standard InChI is InChI=1S/C13H18N2O/c1-4-10-5-6-12-11(7-10)15-13(16-12)8-14-9(2)3/h5-7,9,14H,4,8H2,1-3H3. The van der Waals surface area contributed by atoms with E-state index in [1.54, 1.807) is 0 Å². The zero-order chi connectivity index (χ0) is 11.5. The maximum absolute atomic E-state index is 5.64. The topological polar surface area (TPSA) is 38.1 Å². The van der Waals surface area contributed by atoms with Crippen molar-refractivity contribution >= 4 is 11.1 Å². The van der Waals surface area contributed by atoms with Gasteiger partial charge in [0.2, 0.25) is 5.89 Å². The quantitative estimate of drug-likeness (QED) is 0.857. The van der Waals surface area contributed by atoms with Gasteiger partial charge in [-0.25, -0.2) is 4.98 Å². The van der Waals surface area contributed by atoms with Crippen LogP contribution in [0.1, 0.15) is 32.2 Å². The van der Waals surface area contributed by atoms with Gasteiger partial charge in [-0.05, 0) is 24.1 Å². The van der Waals surface area contributed by atoms with Crippen LogP contribution in [0.5, 0.6) is 0 Å². The fourth-order valence-electron chi connectivity index (χ4n) is 1.61. The lowest BCUT2D eigenvalue weighted by atomic mass is 10.1. The monoisotopic (exact) mass is 218 g/mol. The van der Waals surface area contributed by atoms with Gasteiger partial charge in [-0.2, -0.15) is 0 Å². The molecule has 0 saturated heterocycles. The van der Waals surface area contributed by atoms with Crippen molar-refractivity contribution < 1.29 is 4.42 Å². The fraction of sp³-hybridized carbons (Fsp3) is 0.462. The molecule has 1 N–H and O–H groups in total. The Bertz CT molecular complexity index is 474. The molecule has 1 aromatic carbocycles. The summed E-state index contributed by atoms with van der Waals surface area (Å²) >= 11 is 0. The van der Waals surface area contributed by atoms with Crippen LogP contribution in [0, 0.1) is 0 Å². The number of rotatable bonds is 4. The van der Waals surface area contributed by atoms with Gasteiger partial charge in [0.1, 0.15) is 5.52 Å². The first-order valence-corrected chi connectivity index (χ1v) is 5.80. The molecule has 86 valence electrons. The molecule has 0 aliphatic heterocycles. The van der Waals surface area contributed by atoms with E-state index in [2.05, 4.69) is 43.2 Å². The fourth-order valence-corrected chi connectivity index (χ4v) is 1.61. The third kappa shape index (κ3) is 2.42. The van der Waals surface area contributed by atoms with Crippen LogP contribution in [0.2, 0.25) is 0 Å². The summed E-state index contributed by atoms with van der Waals surface area (Å²) < 4.78 is 5.64. The third-order valence-corrected chi connectivity index (χ3v) is 2.57. The van der Waals surface area contributed by atoms with Gasteiger partial charge in [-0.3, -0.25) is 0 Å². The second-order valence-corrected chi connectivity index (χ2v) is 4.30. The van der Waals surface area contributed by atoms with E-state index in [-0.39, 0.29) is 0 Å². The molecule has 1 aromatic heterocycles. The molecular formula is C13H18N2O. The molecule has 0 amide bonds. The Morgan fingerprint density at radius 2 is 2.19 bits per heavy atom. The van der Waals surface area contributed by atoms with E-state index in [9.17, 15) is 0 Å². The molecule has 1 heterocycles. The minimum absolute atomic E-state index is 0.446. The van der Waals surface area contributed by atoms with Crippen molar-refractivity contribution in [3.63, 3.8) is 0 Å². The Balaban J connectivity index is 2.22. The van der Waals surface area contributed by atoms with Gasteiger partial charge in [0.05, 0.1) is 6.54 Å². The number of hydrogen-bond acceptors (Lipinski definition) is 3. The zero-order valence-corrected chi connectivity index (χ0v) is 10.1. The highest BCUT2D eigenvalue weighted by Gasteiger charge is 2.06. The van der Waals surface area contributed by atoms with E-state index in [1.807, 2.05) is 6.07 Å². The summed E-state index contributed by atoms with van der Waals surface area (Å²) in [5.41, 5.74) is 3.13. The Kier molecular flexibility index (Phi) is 3.25. The number of hydrogen-bond donors (Lipinski definition) is 1. The first-order chi connectivity index (χ1) is 7.69. The number of aromatic nitrogens is 1. The predicted octanol–water partition coefficient (Wildman–Crippen LogP) is 2.89. The average Bonchev–Trinajstić information content (AvgIpc) is 2.67. The highest BCUT2D eigenvalue weighted by molar-refractivity contribution is 5.73. The van der Waals surface area contributed by atoms with Gasteiger partial charge in [0.15, 0.2) is 5.58 Å². The molecule has 0 radical (unpaired) electrons. The lowest BCUT2D eigenvalue weighted by molar-refractivity contribution is 0.472. The predicted molar refractivity (Wildman–Crippen MR) is 65.4 cm³/mol.